The monoisotopic (exact) mass is 469 g/mol. The summed E-state index contributed by atoms with van der Waals surface area (Å²) in [7, 11) is -1.75. The molecular weight excluding hydrogens is 426 g/mol. The minimum Gasteiger partial charge on any atom is -0.417 e. The predicted molar refractivity (Wildman–Crippen MR) is 139 cm³/mol. The molecule has 3 rings (SSSR count). The summed E-state index contributed by atoms with van der Waals surface area (Å²) < 4.78 is 12.7. The van der Waals surface area contributed by atoms with Crippen molar-refractivity contribution < 1.29 is 14.3 Å². The summed E-state index contributed by atoms with van der Waals surface area (Å²) in [6.45, 7) is 14.5. The molecule has 1 aliphatic rings. The summed E-state index contributed by atoms with van der Waals surface area (Å²) >= 11 is 0. The van der Waals surface area contributed by atoms with Crippen LogP contribution < -0.4 is 0 Å². The average Bonchev–Trinajstić information content (AvgIpc) is 3.18. The normalized spacial score (nSPS) is 20.8. The van der Waals surface area contributed by atoms with E-state index in [0.717, 1.165) is 32.4 Å². The maximum absolute atomic E-state index is 11.3. The molecule has 4 nitrogen and oxygen atoms in total. The van der Waals surface area contributed by atoms with Gasteiger partial charge in [0.25, 0.3) is 0 Å². The van der Waals surface area contributed by atoms with Crippen molar-refractivity contribution in [2.45, 2.75) is 89.6 Å². The molecular formula is C28H43NO3Si. The highest BCUT2D eigenvalue weighted by Gasteiger charge is 2.40. The van der Waals surface area contributed by atoms with Crippen LogP contribution >= 0.6 is 0 Å². The predicted octanol–water partition coefficient (Wildman–Crippen LogP) is 6.01. The Balaban J connectivity index is 1.60. The molecule has 5 heteroatoms. The Labute approximate surface area is 202 Å². The summed E-state index contributed by atoms with van der Waals surface area (Å²) in [5.74, 6) is 0. The number of ether oxygens (including phenoxy) is 1. The third-order valence-corrected chi connectivity index (χ3v) is 11.9. The molecule has 0 radical (unpaired) electrons. The van der Waals surface area contributed by atoms with E-state index in [1.54, 1.807) is 0 Å². The second-order valence-electron chi connectivity index (χ2n) is 10.9. The van der Waals surface area contributed by atoms with E-state index >= 15 is 0 Å². The zero-order chi connectivity index (χ0) is 23.9. The van der Waals surface area contributed by atoms with E-state index < -0.39 is 14.4 Å². The van der Waals surface area contributed by atoms with Gasteiger partial charge in [0.15, 0.2) is 8.32 Å². The molecule has 182 valence electrons. The van der Waals surface area contributed by atoms with Gasteiger partial charge in [-0.1, -0.05) is 81.4 Å². The fourth-order valence-corrected chi connectivity index (χ4v) is 5.40. The van der Waals surface area contributed by atoms with E-state index in [-0.39, 0.29) is 17.2 Å². The Kier molecular flexibility index (Phi) is 9.31. The standard InChI is InChI=1S/C28H43NO3Si/c1-28(2,3)33(4,5)32-20-12-17-25(30)27-26(31-22-24-15-10-7-11-16-24)18-19-29(27)21-23-13-8-6-9-14-23/h6-11,13-16,25-27,30H,12,17-22H2,1-5H3/t25-,26+,27+/m1/s1. The molecule has 1 aliphatic heterocycles. The third kappa shape index (κ3) is 7.49. The lowest BCUT2D eigenvalue weighted by atomic mass is 10.0. The highest BCUT2D eigenvalue weighted by Crippen LogP contribution is 2.36. The van der Waals surface area contributed by atoms with E-state index in [2.05, 4.69) is 75.2 Å². The lowest BCUT2D eigenvalue weighted by Crippen LogP contribution is -2.45. The summed E-state index contributed by atoms with van der Waals surface area (Å²) in [4.78, 5) is 2.41. The van der Waals surface area contributed by atoms with Crippen molar-refractivity contribution in [3.05, 3.63) is 71.8 Å². The van der Waals surface area contributed by atoms with Crippen molar-refractivity contribution in [2.75, 3.05) is 13.2 Å². The van der Waals surface area contributed by atoms with E-state index in [1.165, 1.54) is 11.1 Å². The molecule has 0 aliphatic carbocycles. The Morgan fingerprint density at radius 2 is 1.61 bits per heavy atom. The highest BCUT2D eigenvalue weighted by atomic mass is 28.4. The molecule has 1 saturated heterocycles. The summed E-state index contributed by atoms with van der Waals surface area (Å²) in [5, 5.41) is 11.5. The van der Waals surface area contributed by atoms with Crippen molar-refractivity contribution in [3.63, 3.8) is 0 Å². The first-order valence-electron chi connectivity index (χ1n) is 12.4. The molecule has 1 fully saturated rings. The minimum absolute atomic E-state index is 0.00166. The molecule has 0 unspecified atom stereocenters. The van der Waals surface area contributed by atoms with Crippen LogP contribution in [0.1, 0.15) is 51.2 Å². The maximum Gasteiger partial charge on any atom is 0.191 e. The van der Waals surface area contributed by atoms with Gasteiger partial charge in [0.05, 0.1) is 24.9 Å². The van der Waals surface area contributed by atoms with Crippen molar-refractivity contribution in [3.8, 4) is 0 Å². The molecule has 1 heterocycles. The van der Waals surface area contributed by atoms with Crippen molar-refractivity contribution in [1.29, 1.82) is 0 Å². The Bertz CT molecular complexity index is 822. The number of benzene rings is 2. The quantitative estimate of drug-likeness (QED) is 0.323. The molecule has 33 heavy (non-hydrogen) atoms. The van der Waals surface area contributed by atoms with E-state index in [4.69, 9.17) is 9.16 Å². The van der Waals surface area contributed by atoms with Crippen molar-refractivity contribution in [1.82, 2.24) is 4.90 Å². The molecule has 0 aromatic heterocycles. The first-order valence-corrected chi connectivity index (χ1v) is 15.3. The second kappa shape index (κ2) is 11.8. The van der Waals surface area contributed by atoms with Gasteiger partial charge in [0, 0.05) is 19.7 Å². The number of rotatable bonds is 11. The van der Waals surface area contributed by atoms with Crippen molar-refractivity contribution in [2.24, 2.45) is 0 Å². The van der Waals surface area contributed by atoms with Crippen LogP contribution in [0.3, 0.4) is 0 Å². The first kappa shape index (κ1) is 26.1. The largest absolute Gasteiger partial charge is 0.417 e. The number of aliphatic hydroxyl groups is 1. The number of hydrogen-bond acceptors (Lipinski definition) is 4. The molecule has 2 aromatic rings. The SMILES string of the molecule is CC(C)(C)[Si](C)(C)OCCC[C@@H](O)[C@H]1[C@@H](OCc2ccccc2)CCN1Cc1ccccc1. The van der Waals surface area contributed by atoms with Gasteiger partial charge in [-0.25, -0.2) is 0 Å². The number of aliphatic hydroxyl groups excluding tert-OH is 1. The van der Waals surface area contributed by atoms with Crippen LogP contribution in [0.15, 0.2) is 60.7 Å². The van der Waals surface area contributed by atoms with Gasteiger partial charge in [-0.3, -0.25) is 4.90 Å². The Morgan fingerprint density at radius 1 is 1.00 bits per heavy atom. The average molecular weight is 470 g/mol. The number of hydrogen-bond donors (Lipinski definition) is 1. The van der Waals surface area contributed by atoms with E-state index in [0.29, 0.717) is 13.2 Å². The van der Waals surface area contributed by atoms with Gasteiger partial charge in [-0.15, -0.1) is 0 Å². The van der Waals surface area contributed by atoms with Crippen LogP contribution in [0.2, 0.25) is 18.1 Å². The van der Waals surface area contributed by atoms with Crippen molar-refractivity contribution >= 4 is 8.32 Å². The summed E-state index contributed by atoms with van der Waals surface area (Å²) in [5.41, 5.74) is 2.45. The first-order chi connectivity index (χ1) is 15.7. The maximum atomic E-state index is 11.3. The minimum atomic E-state index is -1.75. The molecule has 3 atom stereocenters. The number of nitrogens with zero attached hydrogens (tertiary/aromatic N) is 1. The summed E-state index contributed by atoms with van der Waals surface area (Å²) in [6, 6.07) is 20.9. The fourth-order valence-electron chi connectivity index (χ4n) is 4.31. The lowest BCUT2D eigenvalue weighted by Gasteiger charge is -2.36. The third-order valence-electron chi connectivity index (χ3n) is 7.35. The molecule has 0 bridgehead atoms. The van der Waals surface area contributed by atoms with Crippen LogP contribution in [0.25, 0.3) is 0 Å². The van der Waals surface area contributed by atoms with Gasteiger partial charge in [-0.2, -0.15) is 0 Å². The zero-order valence-corrected chi connectivity index (χ0v) is 22.2. The van der Waals surface area contributed by atoms with Crippen LogP contribution in [-0.2, 0) is 22.3 Å². The fraction of sp³-hybridized carbons (Fsp3) is 0.571. The van der Waals surface area contributed by atoms with Gasteiger partial charge < -0.3 is 14.3 Å². The van der Waals surface area contributed by atoms with Crippen LogP contribution in [-0.4, -0.2) is 49.7 Å². The topological polar surface area (TPSA) is 41.9 Å². The van der Waals surface area contributed by atoms with Gasteiger partial charge in [-0.05, 0) is 48.5 Å². The summed E-state index contributed by atoms with van der Waals surface area (Å²) in [6.07, 6.45) is 2.15. The van der Waals surface area contributed by atoms with E-state index in [9.17, 15) is 5.11 Å². The zero-order valence-electron chi connectivity index (χ0n) is 21.2. The smallest absolute Gasteiger partial charge is 0.191 e. The van der Waals surface area contributed by atoms with Crippen LogP contribution in [0, 0.1) is 0 Å². The Morgan fingerprint density at radius 3 is 2.21 bits per heavy atom. The van der Waals surface area contributed by atoms with E-state index in [1.807, 2.05) is 24.3 Å². The van der Waals surface area contributed by atoms with Crippen LogP contribution in [0.4, 0.5) is 0 Å². The van der Waals surface area contributed by atoms with Gasteiger partial charge in [0.2, 0.25) is 0 Å². The highest BCUT2D eigenvalue weighted by molar-refractivity contribution is 6.74. The molecule has 1 N–H and O–H groups in total. The van der Waals surface area contributed by atoms with Crippen LogP contribution in [0.5, 0.6) is 0 Å². The number of likely N-dealkylation sites (tertiary alicyclic amines) is 1. The Hall–Kier alpha value is -1.50. The molecule has 2 aromatic carbocycles. The second-order valence-corrected chi connectivity index (χ2v) is 15.7. The van der Waals surface area contributed by atoms with Gasteiger partial charge in [0.1, 0.15) is 0 Å². The lowest BCUT2D eigenvalue weighted by molar-refractivity contribution is -0.0377. The molecule has 0 amide bonds. The molecule has 0 saturated carbocycles. The van der Waals surface area contributed by atoms with Gasteiger partial charge >= 0.3 is 0 Å². The molecule has 0 spiro atoms.